The smallest absolute Gasteiger partial charge is 0.320 e. The monoisotopic (exact) mass is 284 g/mol. The molecule has 0 amide bonds. The Bertz CT molecular complexity index is 291. The lowest BCUT2D eigenvalue weighted by atomic mass is 9.90. The Hall–Kier alpha value is -0.610. The van der Waals surface area contributed by atoms with E-state index in [0.717, 1.165) is 45.1 Å². The molecule has 0 atom stereocenters. The van der Waals surface area contributed by atoms with Gasteiger partial charge in [0.1, 0.15) is 5.60 Å². The van der Waals surface area contributed by atoms with Crippen LogP contribution < -0.4 is 5.73 Å². The zero-order valence-corrected chi connectivity index (χ0v) is 13.7. The summed E-state index contributed by atoms with van der Waals surface area (Å²) >= 11 is 0. The minimum atomic E-state index is -0.400. The number of nitrogens with zero attached hydrogens (tertiary/aromatic N) is 1. The number of esters is 1. The summed E-state index contributed by atoms with van der Waals surface area (Å²) < 4.78 is 5.45. The first-order valence-corrected chi connectivity index (χ1v) is 8.03. The maximum atomic E-state index is 12.1. The van der Waals surface area contributed by atoms with Gasteiger partial charge in [-0.2, -0.15) is 0 Å². The Morgan fingerprint density at radius 2 is 1.85 bits per heavy atom. The minimum absolute atomic E-state index is 0.108. The van der Waals surface area contributed by atoms with Crippen LogP contribution >= 0.6 is 0 Å². The molecule has 1 aliphatic carbocycles. The van der Waals surface area contributed by atoms with Gasteiger partial charge < -0.3 is 10.5 Å². The van der Waals surface area contributed by atoms with Crippen molar-refractivity contribution >= 4 is 5.97 Å². The van der Waals surface area contributed by atoms with E-state index in [2.05, 4.69) is 11.8 Å². The van der Waals surface area contributed by atoms with E-state index in [1.807, 2.05) is 20.8 Å². The number of carbonyl (C=O) groups is 1. The molecule has 1 saturated carbocycles. The summed E-state index contributed by atoms with van der Waals surface area (Å²) in [6.45, 7) is 9.33. The summed E-state index contributed by atoms with van der Waals surface area (Å²) in [5.41, 5.74) is 5.57. The number of rotatable bonds is 6. The van der Waals surface area contributed by atoms with E-state index < -0.39 is 5.60 Å². The van der Waals surface area contributed by atoms with Crippen molar-refractivity contribution in [1.82, 2.24) is 4.90 Å². The SMILES string of the molecule is CCCCN(CC(=O)OC(C)(C)C)C1CCC(N)CC1. The first-order valence-electron chi connectivity index (χ1n) is 8.03. The predicted molar refractivity (Wildman–Crippen MR) is 82.6 cm³/mol. The van der Waals surface area contributed by atoms with Crippen LogP contribution in [0.25, 0.3) is 0 Å². The molecule has 1 aliphatic rings. The van der Waals surface area contributed by atoms with Crippen LogP contribution in [-0.4, -0.2) is 41.6 Å². The molecule has 0 radical (unpaired) electrons. The maximum Gasteiger partial charge on any atom is 0.320 e. The average Bonchev–Trinajstić information content (AvgIpc) is 2.33. The molecular formula is C16H32N2O2. The van der Waals surface area contributed by atoms with E-state index >= 15 is 0 Å². The molecule has 20 heavy (non-hydrogen) atoms. The maximum absolute atomic E-state index is 12.1. The Labute approximate surface area is 124 Å². The van der Waals surface area contributed by atoms with Crippen LogP contribution in [0.3, 0.4) is 0 Å². The van der Waals surface area contributed by atoms with Crippen molar-refractivity contribution in [3.63, 3.8) is 0 Å². The molecule has 0 spiro atoms. The van der Waals surface area contributed by atoms with E-state index in [0.29, 0.717) is 18.6 Å². The van der Waals surface area contributed by atoms with Gasteiger partial charge in [-0.05, 0) is 59.4 Å². The average molecular weight is 284 g/mol. The molecular weight excluding hydrogens is 252 g/mol. The predicted octanol–water partition coefficient (Wildman–Crippen LogP) is 2.70. The summed E-state index contributed by atoms with van der Waals surface area (Å²) in [5, 5.41) is 0. The Morgan fingerprint density at radius 1 is 1.25 bits per heavy atom. The Balaban J connectivity index is 2.53. The molecule has 0 aliphatic heterocycles. The van der Waals surface area contributed by atoms with Gasteiger partial charge in [0.15, 0.2) is 0 Å². The van der Waals surface area contributed by atoms with Crippen LogP contribution in [-0.2, 0) is 9.53 Å². The normalized spacial score (nSPS) is 23.9. The van der Waals surface area contributed by atoms with Crippen LogP contribution in [0.15, 0.2) is 0 Å². The summed E-state index contributed by atoms with van der Waals surface area (Å²) in [4.78, 5) is 14.4. The Morgan fingerprint density at radius 3 is 2.35 bits per heavy atom. The largest absolute Gasteiger partial charge is 0.459 e. The van der Waals surface area contributed by atoms with Gasteiger partial charge in [-0.25, -0.2) is 0 Å². The molecule has 0 saturated heterocycles. The van der Waals surface area contributed by atoms with E-state index in [4.69, 9.17) is 10.5 Å². The molecule has 4 heteroatoms. The standard InChI is InChI=1S/C16H32N2O2/c1-5-6-11-18(12-15(19)20-16(2,3)4)14-9-7-13(17)8-10-14/h13-14H,5-12,17H2,1-4H3. The molecule has 0 aromatic heterocycles. The molecule has 0 heterocycles. The van der Waals surface area contributed by atoms with Gasteiger partial charge in [0.25, 0.3) is 0 Å². The van der Waals surface area contributed by atoms with E-state index in [-0.39, 0.29) is 5.97 Å². The van der Waals surface area contributed by atoms with Gasteiger partial charge in [-0.3, -0.25) is 9.69 Å². The van der Waals surface area contributed by atoms with Gasteiger partial charge in [0.05, 0.1) is 6.54 Å². The van der Waals surface area contributed by atoms with Crippen LogP contribution in [0.4, 0.5) is 0 Å². The summed E-state index contributed by atoms with van der Waals surface area (Å²) in [5.74, 6) is -0.108. The lowest BCUT2D eigenvalue weighted by Crippen LogP contribution is -2.45. The molecule has 0 aromatic rings. The quantitative estimate of drug-likeness (QED) is 0.762. The molecule has 1 fully saturated rings. The van der Waals surface area contributed by atoms with Crippen LogP contribution in [0, 0.1) is 0 Å². The van der Waals surface area contributed by atoms with Gasteiger partial charge in [-0.15, -0.1) is 0 Å². The number of nitrogens with two attached hydrogens (primary N) is 1. The Kier molecular flexibility index (Phi) is 6.96. The van der Waals surface area contributed by atoms with Gasteiger partial charge in [0, 0.05) is 12.1 Å². The summed E-state index contributed by atoms with van der Waals surface area (Å²) in [7, 11) is 0. The topological polar surface area (TPSA) is 55.6 Å². The van der Waals surface area contributed by atoms with Crippen LogP contribution in [0.1, 0.15) is 66.2 Å². The second-order valence-corrected chi connectivity index (χ2v) is 6.98. The first-order chi connectivity index (χ1) is 9.31. The third kappa shape index (κ3) is 6.71. The van der Waals surface area contributed by atoms with Crippen molar-refractivity contribution in [3.8, 4) is 0 Å². The summed E-state index contributed by atoms with van der Waals surface area (Å²) in [6.07, 6.45) is 6.63. The van der Waals surface area contributed by atoms with E-state index in [9.17, 15) is 4.79 Å². The van der Waals surface area contributed by atoms with Crippen molar-refractivity contribution in [1.29, 1.82) is 0 Å². The number of ether oxygens (including phenoxy) is 1. The fourth-order valence-electron chi connectivity index (χ4n) is 2.76. The molecule has 4 nitrogen and oxygen atoms in total. The fourth-order valence-corrected chi connectivity index (χ4v) is 2.76. The van der Waals surface area contributed by atoms with Crippen molar-refractivity contribution in [3.05, 3.63) is 0 Å². The molecule has 1 rings (SSSR count). The van der Waals surface area contributed by atoms with Crippen molar-refractivity contribution in [2.24, 2.45) is 5.73 Å². The van der Waals surface area contributed by atoms with Crippen LogP contribution in [0.5, 0.6) is 0 Å². The zero-order chi connectivity index (χ0) is 15.2. The van der Waals surface area contributed by atoms with Crippen LogP contribution in [0.2, 0.25) is 0 Å². The van der Waals surface area contributed by atoms with E-state index in [1.165, 1.54) is 0 Å². The summed E-state index contributed by atoms with van der Waals surface area (Å²) in [6, 6.07) is 0.842. The highest BCUT2D eigenvalue weighted by molar-refractivity contribution is 5.72. The fraction of sp³-hybridized carbons (Fsp3) is 0.938. The van der Waals surface area contributed by atoms with Gasteiger partial charge in [0.2, 0.25) is 0 Å². The highest BCUT2D eigenvalue weighted by Crippen LogP contribution is 2.22. The van der Waals surface area contributed by atoms with E-state index in [1.54, 1.807) is 0 Å². The van der Waals surface area contributed by atoms with Gasteiger partial charge in [-0.1, -0.05) is 13.3 Å². The first kappa shape index (κ1) is 17.4. The third-order valence-corrected chi connectivity index (χ3v) is 3.81. The highest BCUT2D eigenvalue weighted by Gasteiger charge is 2.27. The number of hydrogen-bond donors (Lipinski definition) is 1. The lowest BCUT2D eigenvalue weighted by molar-refractivity contribution is -0.157. The number of unbranched alkanes of at least 4 members (excludes halogenated alkanes) is 1. The van der Waals surface area contributed by atoms with Crippen molar-refractivity contribution in [2.75, 3.05) is 13.1 Å². The second kappa shape index (κ2) is 7.99. The van der Waals surface area contributed by atoms with Crippen molar-refractivity contribution in [2.45, 2.75) is 83.9 Å². The lowest BCUT2D eigenvalue weighted by Gasteiger charge is -2.36. The van der Waals surface area contributed by atoms with Gasteiger partial charge >= 0.3 is 5.97 Å². The molecule has 0 aromatic carbocycles. The minimum Gasteiger partial charge on any atom is -0.459 e. The number of carbonyl (C=O) groups excluding carboxylic acids is 1. The zero-order valence-electron chi connectivity index (χ0n) is 13.7. The third-order valence-electron chi connectivity index (χ3n) is 3.81. The van der Waals surface area contributed by atoms with Crippen molar-refractivity contribution < 1.29 is 9.53 Å². The molecule has 0 unspecified atom stereocenters. The molecule has 118 valence electrons. The number of hydrogen-bond acceptors (Lipinski definition) is 4. The molecule has 2 N–H and O–H groups in total. The molecule has 0 bridgehead atoms. The second-order valence-electron chi connectivity index (χ2n) is 6.98. The highest BCUT2D eigenvalue weighted by atomic mass is 16.6.